The quantitative estimate of drug-likeness (QED) is 0.579. The Morgan fingerprint density at radius 3 is 2.50 bits per heavy atom. The summed E-state index contributed by atoms with van der Waals surface area (Å²) in [5.41, 5.74) is 0. The molecule has 0 saturated carbocycles. The first-order valence-corrected chi connectivity index (χ1v) is 4.51. The minimum Gasteiger partial charge on any atom is -0.381 e. The predicted octanol–water partition coefficient (Wildman–Crippen LogP) is 2.85. The fraction of sp³-hybridized carbons (Fsp3) is 1.00. The normalized spacial score (nSPS) is 23.7. The van der Waals surface area contributed by atoms with E-state index >= 15 is 0 Å². The standard InChI is InChI=1S/C7H14O.C2H6/c1-2-3-7-4-5-8-6-7;1-2/h7H,2-6H2,1H3;1-2H3. The van der Waals surface area contributed by atoms with Gasteiger partial charge in [0.2, 0.25) is 0 Å². The van der Waals surface area contributed by atoms with Crippen LogP contribution in [0.2, 0.25) is 0 Å². The van der Waals surface area contributed by atoms with Crippen molar-refractivity contribution in [2.45, 2.75) is 40.0 Å². The Kier molecular flexibility index (Phi) is 7.04. The van der Waals surface area contributed by atoms with E-state index in [9.17, 15) is 0 Å². The first kappa shape index (κ1) is 9.96. The average Bonchev–Trinajstić information content (AvgIpc) is 2.46. The maximum Gasteiger partial charge on any atom is 0.0495 e. The zero-order valence-electron chi connectivity index (χ0n) is 7.52. The van der Waals surface area contributed by atoms with Gasteiger partial charge < -0.3 is 4.74 Å². The monoisotopic (exact) mass is 144 g/mol. The Hall–Kier alpha value is -0.0400. The van der Waals surface area contributed by atoms with Gasteiger partial charge in [0.05, 0.1) is 0 Å². The second kappa shape index (κ2) is 7.07. The van der Waals surface area contributed by atoms with Crippen molar-refractivity contribution in [1.29, 1.82) is 0 Å². The highest BCUT2D eigenvalue weighted by atomic mass is 16.5. The van der Waals surface area contributed by atoms with Gasteiger partial charge in [-0.3, -0.25) is 0 Å². The topological polar surface area (TPSA) is 9.23 Å². The molecule has 0 amide bonds. The highest BCUT2D eigenvalue weighted by molar-refractivity contribution is 4.62. The summed E-state index contributed by atoms with van der Waals surface area (Å²) in [5.74, 6) is 0.889. The lowest BCUT2D eigenvalue weighted by molar-refractivity contribution is 0.184. The molecule has 1 aliphatic heterocycles. The number of rotatable bonds is 2. The molecule has 1 rings (SSSR count). The molecular weight excluding hydrogens is 124 g/mol. The van der Waals surface area contributed by atoms with Crippen LogP contribution in [-0.4, -0.2) is 13.2 Å². The van der Waals surface area contributed by atoms with Crippen molar-refractivity contribution in [2.75, 3.05) is 13.2 Å². The van der Waals surface area contributed by atoms with E-state index in [-0.39, 0.29) is 0 Å². The summed E-state index contributed by atoms with van der Waals surface area (Å²) in [6.07, 6.45) is 3.97. The van der Waals surface area contributed by atoms with E-state index in [0.717, 1.165) is 19.1 Å². The third-order valence-corrected chi connectivity index (χ3v) is 1.72. The largest absolute Gasteiger partial charge is 0.381 e. The van der Waals surface area contributed by atoms with Gasteiger partial charge in [0.15, 0.2) is 0 Å². The molecule has 1 heterocycles. The fourth-order valence-electron chi connectivity index (χ4n) is 1.22. The summed E-state index contributed by atoms with van der Waals surface area (Å²) in [6, 6.07) is 0. The van der Waals surface area contributed by atoms with Crippen LogP contribution in [-0.2, 0) is 4.74 Å². The average molecular weight is 144 g/mol. The van der Waals surface area contributed by atoms with Crippen LogP contribution < -0.4 is 0 Å². The van der Waals surface area contributed by atoms with Crippen molar-refractivity contribution in [3.63, 3.8) is 0 Å². The Morgan fingerprint density at radius 1 is 1.40 bits per heavy atom. The van der Waals surface area contributed by atoms with Crippen LogP contribution in [0, 0.1) is 5.92 Å². The third-order valence-electron chi connectivity index (χ3n) is 1.72. The zero-order chi connectivity index (χ0) is 7.82. The lowest BCUT2D eigenvalue weighted by Crippen LogP contribution is -1.96. The summed E-state index contributed by atoms with van der Waals surface area (Å²) >= 11 is 0. The molecule has 0 aliphatic carbocycles. The fourth-order valence-corrected chi connectivity index (χ4v) is 1.22. The van der Waals surface area contributed by atoms with Crippen molar-refractivity contribution in [2.24, 2.45) is 5.92 Å². The highest BCUT2D eigenvalue weighted by Crippen LogP contribution is 2.16. The van der Waals surface area contributed by atoms with Crippen molar-refractivity contribution in [3.05, 3.63) is 0 Å². The van der Waals surface area contributed by atoms with Crippen LogP contribution in [0.3, 0.4) is 0 Å². The molecule has 0 radical (unpaired) electrons. The van der Waals surface area contributed by atoms with E-state index in [0.29, 0.717) is 0 Å². The number of hydrogen-bond donors (Lipinski definition) is 0. The molecule has 0 bridgehead atoms. The highest BCUT2D eigenvalue weighted by Gasteiger charge is 2.13. The summed E-state index contributed by atoms with van der Waals surface area (Å²) in [7, 11) is 0. The van der Waals surface area contributed by atoms with E-state index in [4.69, 9.17) is 4.74 Å². The molecule has 0 aromatic carbocycles. The molecule has 1 unspecified atom stereocenters. The van der Waals surface area contributed by atoms with Gasteiger partial charge in [0.1, 0.15) is 0 Å². The van der Waals surface area contributed by atoms with Crippen molar-refractivity contribution in [3.8, 4) is 0 Å². The van der Waals surface area contributed by atoms with Crippen molar-refractivity contribution < 1.29 is 4.74 Å². The molecule has 10 heavy (non-hydrogen) atoms. The van der Waals surface area contributed by atoms with Crippen LogP contribution in [0.1, 0.15) is 40.0 Å². The molecule has 62 valence electrons. The number of hydrogen-bond acceptors (Lipinski definition) is 1. The van der Waals surface area contributed by atoms with E-state index in [1.165, 1.54) is 19.3 Å². The van der Waals surface area contributed by atoms with Gasteiger partial charge in [0.25, 0.3) is 0 Å². The van der Waals surface area contributed by atoms with E-state index in [1.807, 2.05) is 13.8 Å². The van der Waals surface area contributed by atoms with Gasteiger partial charge in [0, 0.05) is 13.2 Å². The van der Waals surface area contributed by atoms with Crippen molar-refractivity contribution in [1.82, 2.24) is 0 Å². The lowest BCUT2D eigenvalue weighted by atomic mass is 10.0. The SMILES string of the molecule is CC.CCCC1CCOC1. The zero-order valence-corrected chi connectivity index (χ0v) is 7.52. The molecule has 1 nitrogen and oxygen atoms in total. The Morgan fingerprint density at radius 2 is 2.10 bits per heavy atom. The van der Waals surface area contributed by atoms with E-state index in [1.54, 1.807) is 0 Å². The summed E-state index contributed by atoms with van der Waals surface area (Å²) in [4.78, 5) is 0. The van der Waals surface area contributed by atoms with Crippen LogP contribution >= 0.6 is 0 Å². The summed E-state index contributed by atoms with van der Waals surface area (Å²) in [6.45, 7) is 8.26. The maximum absolute atomic E-state index is 5.21. The van der Waals surface area contributed by atoms with Gasteiger partial charge in [-0.15, -0.1) is 0 Å². The molecule has 1 atom stereocenters. The van der Waals surface area contributed by atoms with Gasteiger partial charge >= 0.3 is 0 Å². The van der Waals surface area contributed by atoms with Gasteiger partial charge in [-0.2, -0.15) is 0 Å². The predicted molar refractivity (Wildman–Crippen MR) is 45.2 cm³/mol. The van der Waals surface area contributed by atoms with Crippen LogP contribution in [0.5, 0.6) is 0 Å². The molecule has 1 aliphatic rings. The Balaban J connectivity index is 0.000000371. The first-order chi connectivity index (χ1) is 4.93. The van der Waals surface area contributed by atoms with Crippen molar-refractivity contribution >= 4 is 0 Å². The minimum absolute atomic E-state index is 0.889. The van der Waals surface area contributed by atoms with Crippen LogP contribution in [0.15, 0.2) is 0 Å². The van der Waals surface area contributed by atoms with E-state index in [2.05, 4.69) is 6.92 Å². The minimum atomic E-state index is 0.889. The van der Waals surface area contributed by atoms with Gasteiger partial charge in [-0.1, -0.05) is 27.2 Å². The summed E-state index contributed by atoms with van der Waals surface area (Å²) < 4.78 is 5.21. The molecular formula is C9H20O. The van der Waals surface area contributed by atoms with Gasteiger partial charge in [-0.25, -0.2) is 0 Å². The molecule has 1 fully saturated rings. The Bertz CT molecular complexity index is 55.7. The molecule has 0 spiro atoms. The number of ether oxygens (including phenoxy) is 1. The smallest absolute Gasteiger partial charge is 0.0495 e. The maximum atomic E-state index is 5.21. The second-order valence-corrected chi connectivity index (χ2v) is 2.52. The lowest BCUT2D eigenvalue weighted by Gasteiger charge is -2.01. The molecule has 1 heteroatoms. The van der Waals surface area contributed by atoms with Gasteiger partial charge in [-0.05, 0) is 18.8 Å². The molecule has 1 saturated heterocycles. The molecule has 0 N–H and O–H groups in total. The van der Waals surface area contributed by atoms with Crippen LogP contribution in [0.25, 0.3) is 0 Å². The molecule has 0 aromatic heterocycles. The first-order valence-electron chi connectivity index (χ1n) is 4.51. The van der Waals surface area contributed by atoms with E-state index < -0.39 is 0 Å². The molecule has 0 aromatic rings. The second-order valence-electron chi connectivity index (χ2n) is 2.52. The third kappa shape index (κ3) is 3.89. The summed E-state index contributed by atoms with van der Waals surface area (Å²) in [5, 5.41) is 0. The Labute approximate surface area is 64.8 Å². The van der Waals surface area contributed by atoms with Crippen LogP contribution in [0.4, 0.5) is 0 Å².